The number of carbonyl (C=O) groups excluding carboxylic acids is 1. The molecule has 0 radical (unpaired) electrons. The molecule has 1 amide bonds. The fourth-order valence-corrected chi connectivity index (χ4v) is 6.99. The molecular formula is C44H81NO5S. The van der Waals surface area contributed by atoms with Crippen LogP contribution in [0.4, 0.5) is 0 Å². The lowest BCUT2D eigenvalue weighted by atomic mass is 10.0. The van der Waals surface area contributed by atoms with Gasteiger partial charge in [0.15, 0.2) is 0 Å². The summed E-state index contributed by atoms with van der Waals surface area (Å²) in [5.41, 5.74) is 0. The van der Waals surface area contributed by atoms with Gasteiger partial charge in [-0.05, 0) is 64.2 Å². The molecule has 6 nitrogen and oxygen atoms in total. The van der Waals surface area contributed by atoms with Crippen molar-refractivity contribution in [3.8, 4) is 0 Å². The van der Waals surface area contributed by atoms with Crippen LogP contribution in [0.2, 0.25) is 0 Å². The third-order valence-corrected chi connectivity index (χ3v) is 10.3. The van der Waals surface area contributed by atoms with Crippen molar-refractivity contribution in [3.63, 3.8) is 0 Å². The highest BCUT2D eigenvalue weighted by atomic mass is 32.2. The van der Waals surface area contributed by atoms with Gasteiger partial charge in [-0.2, -0.15) is 8.42 Å². The van der Waals surface area contributed by atoms with Crippen LogP contribution in [0.3, 0.4) is 0 Å². The summed E-state index contributed by atoms with van der Waals surface area (Å²) in [5, 5.41) is 13.2. The summed E-state index contributed by atoms with van der Waals surface area (Å²) in [5.74, 6) is -1.00. The van der Waals surface area contributed by atoms with Crippen LogP contribution < -0.4 is 5.32 Å². The number of rotatable bonds is 38. The summed E-state index contributed by atoms with van der Waals surface area (Å²) in [6.07, 6.45) is 51.0. The van der Waals surface area contributed by atoms with Gasteiger partial charge in [0.2, 0.25) is 5.91 Å². The second kappa shape index (κ2) is 38.0. The van der Waals surface area contributed by atoms with Gasteiger partial charge in [-0.1, -0.05) is 184 Å². The second-order valence-electron chi connectivity index (χ2n) is 14.6. The van der Waals surface area contributed by atoms with Crippen LogP contribution in [-0.2, 0) is 14.9 Å². The van der Waals surface area contributed by atoms with E-state index in [1.54, 1.807) is 0 Å². The van der Waals surface area contributed by atoms with E-state index in [4.69, 9.17) is 0 Å². The zero-order valence-corrected chi connectivity index (χ0v) is 34.0. The number of allylic oxidation sites excluding steroid dienone is 7. The van der Waals surface area contributed by atoms with E-state index in [-0.39, 0.29) is 12.3 Å². The Morgan fingerprint density at radius 2 is 0.902 bits per heavy atom. The molecule has 2 unspecified atom stereocenters. The Balaban J connectivity index is 3.88. The van der Waals surface area contributed by atoms with E-state index in [2.05, 4.69) is 55.6 Å². The molecule has 0 aliphatic heterocycles. The van der Waals surface area contributed by atoms with E-state index in [1.807, 2.05) is 6.08 Å². The summed E-state index contributed by atoms with van der Waals surface area (Å²) >= 11 is 0. The Labute approximate surface area is 316 Å². The highest BCUT2D eigenvalue weighted by molar-refractivity contribution is 7.85. The van der Waals surface area contributed by atoms with Crippen molar-refractivity contribution < 1.29 is 22.9 Å². The van der Waals surface area contributed by atoms with Crippen LogP contribution in [-0.4, -0.2) is 41.9 Å². The molecule has 0 rings (SSSR count). The number of aliphatic hydroxyl groups is 1. The van der Waals surface area contributed by atoms with Crippen LogP contribution in [0.15, 0.2) is 48.6 Å². The Morgan fingerprint density at radius 3 is 1.35 bits per heavy atom. The zero-order chi connectivity index (χ0) is 37.5. The number of aliphatic hydroxyl groups excluding tert-OH is 1. The average molecular weight is 736 g/mol. The molecule has 0 aliphatic rings. The number of carbonyl (C=O) groups is 1. The number of amides is 1. The van der Waals surface area contributed by atoms with Crippen LogP contribution >= 0.6 is 0 Å². The highest BCUT2D eigenvalue weighted by Crippen LogP contribution is 2.14. The first kappa shape index (κ1) is 49.3. The second-order valence-corrected chi connectivity index (χ2v) is 16.1. The minimum atomic E-state index is -4.35. The molecule has 0 saturated heterocycles. The first-order chi connectivity index (χ1) is 24.8. The van der Waals surface area contributed by atoms with E-state index in [1.165, 1.54) is 147 Å². The van der Waals surface area contributed by atoms with Crippen molar-refractivity contribution in [3.05, 3.63) is 48.6 Å². The highest BCUT2D eigenvalue weighted by Gasteiger charge is 2.24. The third kappa shape index (κ3) is 39.3. The average Bonchev–Trinajstić information content (AvgIpc) is 3.09. The molecule has 0 bridgehead atoms. The van der Waals surface area contributed by atoms with Gasteiger partial charge in [-0.15, -0.1) is 0 Å². The summed E-state index contributed by atoms with van der Waals surface area (Å²) in [6, 6.07) is -1.07. The molecule has 0 aliphatic carbocycles. The minimum Gasteiger partial charge on any atom is -0.387 e. The maximum Gasteiger partial charge on any atom is 0.267 e. The Kier molecular flexibility index (Phi) is 36.8. The standard InChI is InChI=1S/C44H81NO5S/c1-3-5-7-9-11-13-15-17-18-19-20-21-22-23-24-25-26-28-30-32-34-36-38-40-44(47)45-42(41-51(48,49)50)43(46)39-37-35-33-31-29-27-16-14-12-10-8-6-4-2/h15,17,19-20,29,31,37,39,42-43,46H,3-14,16,18,21-28,30,32-36,38,40-41H2,1-2H3,(H,45,47)(H,48,49,50)/b17-15-,20-19-,31-29+,39-37+. The van der Waals surface area contributed by atoms with Crippen LogP contribution in [0.5, 0.6) is 0 Å². The van der Waals surface area contributed by atoms with Gasteiger partial charge in [0.1, 0.15) is 0 Å². The molecule has 0 heterocycles. The molecule has 7 heteroatoms. The molecule has 2 atom stereocenters. The first-order valence-electron chi connectivity index (χ1n) is 21.3. The minimum absolute atomic E-state index is 0.285. The fraction of sp³-hybridized carbons (Fsp3) is 0.795. The summed E-state index contributed by atoms with van der Waals surface area (Å²) in [7, 11) is -4.35. The topological polar surface area (TPSA) is 104 Å². The van der Waals surface area contributed by atoms with Crippen molar-refractivity contribution in [2.24, 2.45) is 0 Å². The number of nitrogens with one attached hydrogen (secondary N) is 1. The Morgan fingerprint density at radius 1 is 0.529 bits per heavy atom. The van der Waals surface area contributed by atoms with Crippen molar-refractivity contribution >= 4 is 16.0 Å². The molecule has 0 fully saturated rings. The predicted molar refractivity (Wildman–Crippen MR) is 221 cm³/mol. The van der Waals surface area contributed by atoms with Gasteiger partial charge in [0.25, 0.3) is 10.1 Å². The van der Waals surface area contributed by atoms with Gasteiger partial charge >= 0.3 is 0 Å². The fourth-order valence-electron chi connectivity index (χ4n) is 6.26. The molecular weight excluding hydrogens is 655 g/mol. The molecule has 298 valence electrons. The summed E-state index contributed by atoms with van der Waals surface area (Å²) in [4.78, 5) is 12.5. The van der Waals surface area contributed by atoms with Crippen molar-refractivity contribution in [2.45, 2.75) is 219 Å². The Bertz CT molecular complexity index is 987. The lowest BCUT2D eigenvalue weighted by molar-refractivity contribution is -0.122. The van der Waals surface area contributed by atoms with E-state index in [0.717, 1.165) is 38.5 Å². The largest absolute Gasteiger partial charge is 0.387 e. The van der Waals surface area contributed by atoms with E-state index >= 15 is 0 Å². The normalized spacial score (nSPS) is 13.7. The van der Waals surface area contributed by atoms with E-state index in [0.29, 0.717) is 6.42 Å². The molecule has 0 aromatic heterocycles. The monoisotopic (exact) mass is 736 g/mol. The van der Waals surface area contributed by atoms with Crippen molar-refractivity contribution in [1.82, 2.24) is 5.32 Å². The number of hydrogen-bond acceptors (Lipinski definition) is 4. The van der Waals surface area contributed by atoms with Gasteiger partial charge < -0.3 is 10.4 Å². The lowest BCUT2D eigenvalue weighted by Crippen LogP contribution is -2.46. The zero-order valence-electron chi connectivity index (χ0n) is 33.2. The van der Waals surface area contributed by atoms with Gasteiger partial charge in [-0.25, -0.2) is 0 Å². The summed E-state index contributed by atoms with van der Waals surface area (Å²) in [6.45, 7) is 4.50. The van der Waals surface area contributed by atoms with E-state index in [9.17, 15) is 22.9 Å². The van der Waals surface area contributed by atoms with E-state index < -0.39 is 28.0 Å². The maximum atomic E-state index is 12.5. The first-order valence-corrected chi connectivity index (χ1v) is 22.9. The quantitative estimate of drug-likeness (QED) is 0.0333. The van der Waals surface area contributed by atoms with Gasteiger partial charge in [0.05, 0.1) is 17.9 Å². The van der Waals surface area contributed by atoms with Crippen LogP contribution in [0.1, 0.15) is 206 Å². The van der Waals surface area contributed by atoms with Crippen molar-refractivity contribution in [2.75, 3.05) is 5.75 Å². The molecule has 0 aromatic carbocycles. The molecule has 0 spiro atoms. The van der Waals surface area contributed by atoms with Gasteiger partial charge in [0, 0.05) is 6.42 Å². The van der Waals surface area contributed by atoms with Crippen LogP contribution in [0.25, 0.3) is 0 Å². The molecule has 0 aromatic rings. The van der Waals surface area contributed by atoms with Crippen LogP contribution in [0, 0.1) is 0 Å². The number of unbranched alkanes of at least 4 members (excludes halogenated alkanes) is 24. The predicted octanol–water partition coefficient (Wildman–Crippen LogP) is 12.7. The smallest absolute Gasteiger partial charge is 0.267 e. The summed E-state index contributed by atoms with van der Waals surface area (Å²) < 4.78 is 32.5. The van der Waals surface area contributed by atoms with Crippen molar-refractivity contribution in [1.29, 1.82) is 0 Å². The molecule has 0 saturated carbocycles. The van der Waals surface area contributed by atoms with Gasteiger partial charge in [-0.3, -0.25) is 9.35 Å². The molecule has 51 heavy (non-hydrogen) atoms. The SMILES string of the molecule is CCCCCCC/C=C\C/C=C\CCCCCCCCCCCCCC(=O)NC(CS(=O)(=O)O)C(O)/C=C/CC/C=C/CCCCCCCCC. The third-order valence-electron chi connectivity index (χ3n) is 9.48. The number of hydrogen-bond donors (Lipinski definition) is 3. The molecule has 3 N–H and O–H groups in total. The maximum absolute atomic E-state index is 12.5. The Hall–Kier alpha value is -1.70. The lowest BCUT2D eigenvalue weighted by Gasteiger charge is -2.21.